The SMILES string of the molecule is CCCCCCCCCCCC(=O)NC(COCCC(=O)NCCCNC(=O)CCCCOC1OC(CO)C(O)C(O)C1NC(C)=O)(COCCC(=O)NCCCNC(=O)CCCCOC1OC(CO)C(O)C(O)C1NC(C)=O)COCCC(=O)NCCCNC(=O)CCCCOC1OC(CO)C(O)C(O)C1NC(C)=O. The van der Waals surface area contributed by atoms with Crippen molar-refractivity contribution in [3.8, 4) is 0 Å². The fourth-order valence-corrected chi connectivity index (χ4v) is 12.2. The second-order valence-corrected chi connectivity index (χ2v) is 28.3. The molecule has 3 rings (SSSR count). The molecule has 10 amide bonds. The highest BCUT2D eigenvalue weighted by Gasteiger charge is 2.48. The van der Waals surface area contributed by atoms with Crippen LogP contribution >= 0.6 is 0 Å². The molecule has 3 fully saturated rings. The zero-order chi connectivity index (χ0) is 81.8. The Hall–Kier alpha value is -6.02. The number of aliphatic hydroxyl groups is 9. The van der Waals surface area contributed by atoms with E-state index in [1.807, 2.05) is 0 Å². The molecular weight excluding hydrogens is 1460 g/mol. The van der Waals surface area contributed by atoms with Crippen LogP contribution in [0.5, 0.6) is 0 Å². The van der Waals surface area contributed by atoms with Crippen LogP contribution in [0.2, 0.25) is 0 Å². The molecule has 3 heterocycles. The number of aliphatic hydroxyl groups excluding tert-OH is 9. The van der Waals surface area contributed by atoms with Crippen LogP contribution in [0.25, 0.3) is 0 Å². The molecule has 3 aliphatic rings. The summed E-state index contributed by atoms with van der Waals surface area (Å²) >= 11 is 0. The standard InChI is InChI=1S/C73H132N10O28/c1-5-6-7-8-9-10-11-12-13-26-60(96)83-73(45-103-39-27-57(93)77-33-20-30-74-54(90)23-14-17-36-106-70-61(80-48(2)87)67(100)64(97)51(42-84)109-70,46-104-40-28-58(94)78-34-21-31-75-55(91)24-15-18-37-107-71-62(81-49(3)88)68(101)65(98)52(43-85)110-71)47-105-41-29-59(95)79-35-22-32-76-56(92)25-16-19-38-108-72-63(82-50(4)89)69(102)66(99)53(44-86)111-72/h51-53,61-72,84-86,97-102H,5-47H2,1-4H3,(H,74,90)(H,75,91)(H,76,92)(H,77,93)(H,78,94)(H,79,95)(H,80,87)(H,81,88)(H,82,89)(H,83,96). The third kappa shape index (κ3) is 42.3. The molecule has 0 aromatic rings. The van der Waals surface area contributed by atoms with Crippen molar-refractivity contribution in [2.45, 2.75) is 286 Å². The Labute approximate surface area is 650 Å². The lowest BCUT2D eigenvalue weighted by Gasteiger charge is -2.42. The van der Waals surface area contributed by atoms with Gasteiger partial charge < -0.3 is 142 Å². The van der Waals surface area contributed by atoms with E-state index in [0.717, 1.165) is 38.5 Å². The summed E-state index contributed by atoms with van der Waals surface area (Å²) in [5, 5.41) is 118. The van der Waals surface area contributed by atoms with Crippen LogP contribution in [-0.2, 0) is 90.6 Å². The lowest BCUT2D eigenvalue weighted by atomic mass is 9.97. The predicted molar refractivity (Wildman–Crippen MR) is 396 cm³/mol. The van der Waals surface area contributed by atoms with Crippen LogP contribution in [0.3, 0.4) is 0 Å². The molecule has 0 aliphatic carbocycles. The Balaban J connectivity index is 1.54. The number of ether oxygens (including phenoxy) is 9. The first-order chi connectivity index (χ1) is 53.3. The number of carbonyl (C=O) groups is 10. The molecule has 0 aromatic carbocycles. The van der Waals surface area contributed by atoms with Gasteiger partial charge in [0, 0.05) is 125 Å². The van der Waals surface area contributed by atoms with Gasteiger partial charge in [-0.15, -0.1) is 0 Å². The molecule has 38 heteroatoms. The Morgan fingerprint density at radius 3 is 0.838 bits per heavy atom. The summed E-state index contributed by atoms with van der Waals surface area (Å²) in [6.07, 6.45) is -2.28. The van der Waals surface area contributed by atoms with E-state index >= 15 is 0 Å². The number of rotatable bonds is 62. The van der Waals surface area contributed by atoms with Crippen molar-refractivity contribution in [2.24, 2.45) is 0 Å². The maximum Gasteiger partial charge on any atom is 0.222 e. The number of hydrogen-bond donors (Lipinski definition) is 19. The topological polar surface area (TPSA) is 556 Å². The van der Waals surface area contributed by atoms with Crippen LogP contribution in [-0.4, -0.2) is 321 Å². The normalized spacial score (nSPS) is 24.3. The van der Waals surface area contributed by atoms with Crippen LogP contribution < -0.4 is 53.2 Å². The van der Waals surface area contributed by atoms with Crippen molar-refractivity contribution in [3.63, 3.8) is 0 Å². The van der Waals surface area contributed by atoms with Gasteiger partial charge in [0.1, 0.15) is 78.6 Å². The second-order valence-electron chi connectivity index (χ2n) is 28.3. The van der Waals surface area contributed by atoms with Crippen molar-refractivity contribution in [2.75, 3.05) is 119 Å². The maximum atomic E-state index is 13.9. The van der Waals surface area contributed by atoms with Crippen molar-refractivity contribution in [1.82, 2.24) is 53.2 Å². The summed E-state index contributed by atoms with van der Waals surface area (Å²) in [6, 6.07) is -3.26. The zero-order valence-electron chi connectivity index (χ0n) is 65.3. The second kappa shape index (κ2) is 58.8. The molecule has 0 saturated carbocycles. The average Bonchev–Trinajstić information content (AvgIpc) is 0.811. The van der Waals surface area contributed by atoms with Gasteiger partial charge in [-0.2, -0.15) is 0 Å². The third-order valence-electron chi connectivity index (χ3n) is 18.5. The summed E-state index contributed by atoms with van der Waals surface area (Å²) < 4.78 is 52.1. The van der Waals surface area contributed by atoms with E-state index < -0.39 is 135 Å². The minimum Gasteiger partial charge on any atom is -0.394 e. The van der Waals surface area contributed by atoms with Crippen molar-refractivity contribution in [1.29, 1.82) is 0 Å². The molecule has 3 saturated heterocycles. The van der Waals surface area contributed by atoms with Gasteiger partial charge >= 0.3 is 0 Å². The summed E-state index contributed by atoms with van der Waals surface area (Å²) in [6.45, 7) is 4.89. The highest BCUT2D eigenvalue weighted by atomic mass is 16.7. The molecule has 15 unspecified atom stereocenters. The quantitative estimate of drug-likeness (QED) is 0.0260. The number of carbonyl (C=O) groups excluding carboxylic acids is 10. The summed E-state index contributed by atoms with van der Waals surface area (Å²) in [5.41, 5.74) is -1.38. The van der Waals surface area contributed by atoms with E-state index in [0.29, 0.717) is 64.2 Å². The molecule has 642 valence electrons. The molecule has 38 nitrogen and oxygen atoms in total. The van der Waals surface area contributed by atoms with Gasteiger partial charge in [0.25, 0.3) is 0 Å². The van der Waals surface area contributed by atoms with E-state index in [1.54, 1.807) is 0 Å². The van der Waals surface area contributed by atoms with Gasteiger partial charge in [-0.3, -0.25) is 47.9 Å². The summed E-state index contributed by atoms with van der Waals surface area (Å²) in [5.74, 6) is -3.56. The van der Waals surface area contributed by atoms with E-state index in [2.05, 4.69) is 60.1 Å². The van der Waals surface area contributed by atoms with E-state index in [9.17, 15) is 93.9 Å². The van der Waals surface area contributed by atoms with Crippen molar-refractivity contribution >= 4 is 59.1 Å². The van der Waals surface area contributed by atoms with Crippen molar-refractivity contribution < 1.29 is 137 Å². The monoisotopic (exact) mass is 1600 g/mol. The fourth-order valence-electron chi connectivity index (χ4n) is 12.2. The lowest BCUT2D eigenvalue weighted by Crippen LogP contribution is -2.64. The van der Waals surface area contributed by atoms with Gasteiger partial charge in [-0.1, -0.05) is 58.3 Å². The molecule has 0 aromatic heterocycles. The Kier molecular flexibility index (Phi) is 52.5. The van der Waals surface area contributed by atoms with Gasteiger partial charge in [-0.05, 0) is 64.2 Å². The minimum atomic E-state index is -1.45. The summed E-state index contributed by atoms with van der Waals surface area (Å²) in [7, 11) is 0. The number of nitrogens with one attached hydrogen (secondary N) is 10. The van der Waals surface area contributed by atoms with Gasteiger partial charge in [0.05, 0.1) is 59.5 Å². The van der Waals surface area contributed by atoms with E-state index in [4.69, 9.17) is 42.6 Å². The van der Waals surface area contributed by atoms with Crippen LogP contribution in [0.4, 0.5) is 0 Å². The highest BCUT2D eigenvalue weighted by Crippen LogP contribution is 2.26. The van der Waals surface area contributed by atoms with E-state index in [1.165, 1.54) is 33.6 Å². The third-order valence-corrected chi connectivity index (χ3v) is 18.5. The molecule has 3 aliphatic heterocycles. The smallest absolute Gasteiger partial charge is 0.222 e. The Morgan fingerprint density at radius 2 is 0.568 bits per heavy atom. The van der Waals surface area contributed by atoms with Gasteiger partial charge in [-0.25, -0.2) is 0 Å². The number of hydrogen-bond acceptors (Lipinski definition) is 28. The number of amides is 10. The predicted octanol–water partition coefficient (Wildman–Crippen LogP) is -3.76. The fraction of sp³-hybridized carbons (Fsp3) is 0.863. The molecule has 0 radical (unpaired) electrons. The van der Waals surface area contributed by atoms with Gasteiger partial charge in [0.15, 0.2) is 18.9 Å². The highest BCUT2D eigenvalue weighted by molar-refractivity contribution is 5.79. The molecule has 0 spiro atoms. The first kappa shape index (κ1) is 99.2. The van der Waals surface area contributed by atoms with Crippen LogP contribution in [0.15, 0.2) is 0 Å². The largest absolute Gasteiger partial charge is 0.394 e. The van der Waals surface area contributed by atoms with Crippen molar-refractivity contribution in [3.05, 3.63) is 0 Å². The van der Waals surface area contributed by atoms with Crippen LogP contribution in [0.1, 0.15) is 188 Å². The Bertz CT molecular complexity index is 2420. The average molecular weight is 1600 g/mol. The molecule has 15 atom stereocenters. The van der Waals surface area contributed by atoms with Gasteiger partial charge in [0.2, 0.25) is 59.1 Å². The first-order valence-corrected chi connectivity index (χ1v) is 39.5. The first-order valence-electron chi connectivity index (χ1n) is 39.5. The lowest BCUT2D eigenvalue weighted by molar-refractivity contribution is -0.270. The molecule has 0 bridgehead atoms. The Morgan fingerprint density at radius 1 is 0.315 bits per heavy atom. The molecule has 111 heavy (non-hydrogen) atoms. The minimum absolute atomic E-state index is 0.0862. The number of unbranched alkanes of at least 4 members (excludes halogenated alkanes) is 11. The zero-order valence-corrected chi connectivity index (χ0v) is 65.3. The molecular formula is C73H132N10O28. The molecule has 19 N–H and O–H groups in total. The van der Waals surface area contributed by atoms with Crippen LogP contribution in [0, 0.1) is 0 Å². The maximum absolute atomic E-state index is 13.9. The van der Waals surface area contributed by atoms with E-state index in [-0.39, 0.29) is 185 Å². The summed E-state index contributed by atoms with van der Waals surface area (Å²) in [4.78, 5) is 126.